The molecule has 2 N–H and O–H groups in total. The highest BCUT2D eigenvalue weighted by Crippen LogP contribution is 2.46. The van der Waals surface area contributed by atoms with Gasteiger partial charge in [0.25, 0.3) is 5.91 Å². The topological polar surface area (TPSA) is 80.2 Å². The van der Waals surface area contributed by atoms with Crippen molar-refractivity contribution in [1.29, 1.82) is 0 Å². The first-order valence-corrected chi connectivity index (χ1v) is 16.2. The number of aliphatic hydroxyl groups excluding tert-OH is 1. The number of nitrogens with zero attached hydrogens (tertiary/aromatic N) is 1. The molecule has 0 spiro atoms. The Labute approximate surface area is 276 Å². The van der Waals surface area contributed by atoms with E-state index in [0.29, 0.717) is 31.1 Å². The molecule has 230 valence electrons. The molecule has 0 radical (unpaired) electrons. The Kier molecular flexibility index (Phi) is 8.43. The monoisotopic (exact) mass is 672 g/mol. The van der Waals surface area contributed by atoms with Crippen molar-refractivity contribution < 1.29 is 19.4 Å². The maximum Gasteiger partial charge on any atom is 0.253 e. The van der Waals surface area contributed by atoms with Crippen LogP contribution >= 0.6 is 15.9 Å². The zero-order valence-electron chi connectivity index (χ0n) is 25.1. The van der Waals surface area contributed by atoms with Crippen molar-refractivity contribution in [3.63, 3.8) is 0 Å². The second-order valence-corrected chi connectivity index (χ2v) is 12.4. The van der Waals surface area contributed by atoms with Crippen molar-refractivity contribution in [2.45, 2.75) is 30.5 Å². The van der Waals surface area contributed by atoms with Gasteiger partial charge in [0.1, 0.15) is 5.75 Å². The van der Waals surface area contributed by atoms with E-state index in [1.165, 1.54) is 0 Å². The summed E-state index contributed by atoms with van der Waals surface area (Å²) in [5.41, 5.74) is 5.59. The Balaban J connectivity index is 1.33. The van der Waals surface area contributed by atoms with Gasteiger partial charge in [-0.25, -0.2) is 4.99 Å². The number of nitrogens with one attached hydrogen (secondary N) is 1. The third kappa shape index (κ3) is 5.61. The number of hydrogen-bond donors (Lipinski definition) is 2. The van der Waals surface area contributed by atoms with Crippen molar-refractivity contribution in [3.8, 4) is 16.9 Å². The van der Waals surface area contributed by atoms with Gasteiger partial charge in [-0.05, 0) is 63.7 Å². The fraction of sp³-hybridized carbons (Fsp3) is 0.179. The number of hydrogen-bond acceptors (Lipinski definition) is 5. The Bertz CT molecular complexity index is 1850. The zero-order chi connectivity index (χ0) is 31.5. The van der Waals surface area contributed by atoms with Crippen LogP contribution in [0.1, 0.15) is 46.4 Å². The van der Waals surface area contributed by atoms with Crippen LogP contribution in [0.5, 0.6) is 5.75 Å². The Hall–Kier alpha value is -4.72. The number of rotatable bonds is 10. The summed E-state index contributed by atoms with van der Waals surface area (Å²) in [7, 11) is 0. The predicted octanol–water partition coefficient (Wildman–Crippen LogP) is 7.60. The van der Waals surface area contributed by atoms with Crippen LogP contribution in [0.2, 0.25) is 0 Å². The lowest BCUT2D eigenvalue weighted by atomic mass is 9.81. The number of amides is 1. The molecule has 46 heavy (non-hydrogen) atoms. The highest BCUT2D eigenvalue weighted by atomic mass is 79.9. The minimum atomic E-state index is -1.33. The van der Waals surface area contributed by atoms with E-state index in [0.717, 1.165) is 43.4 Å². The lowest BCUT2D eigenvalue weighted by molar-refractivity contribution is -0.129. The van der Waals surface area contributed by atoms with E-state index in [2.05, 4.69) is 45.5 Å². The molecule has 1 aliphatic carbocycles. The number of aliphatic hydroxyl groups is 1. The predicted molar refractivity (Wildman–Crippen MR) is 183 cm³/mol. The van der Waals surface area contributed by atoms with Crippen molar-refractivity contribution in [1.82, 2.24) is 5.32 Å². The Morgan fingerprint density at radius 1 is 0.826 bits per heavy atom. The molecule has 1 aliphatic heterocycles. The molecule has 0 unspecified atom stereocenters. The van der Waals surface area contributed by atoms with Crippen molar-refractivity contribution in [3.05, 3.63) is 160 Å². The van der Waals surface area contributed by atoms with E-state index in [1.807, 2.05) is 103 Å². The lowest BCUT2D eigenvalue weighted by Crippen LogP contribution is -2.50. The van der Waals surface area contributed by atoms with Crippen LogP contribution in [0, 0.1) is 0 Å². The standard InChI is InChI=1S/C39H33BrN2O4/c40-34-18-9-4-13-28(34)25-39(38(44)41-35-32-16-7-5-14-30(32)31-15-6-8-17-33(31)35)36(26-11-2-1-3-12-26)46-37(42-39)27-19-21-29(22-20-27)45-24-10-23-43/h1-9,11-22,35-36,43H,10,23-25H2,(H,41,44)/t36-,39-/m1/s1. The van der Waals surface area contributed by atoms with Gasteiger partial charge in [0.15, 0.2) is 11.6 Å². The number of ether oxygens (including phenoxy) is 2. The summed E-state index contributed by atoms with van der Waals surface area (Å²) in [6.45, 7) is 0.495. The summed E-state index contributed by atoms with van der Waals surface area (Å²) >= 11 is 3.73. The Morgan fingerprint density at radius 3 is 2.13 bits per heavy atom. The normalized spacial score (nSPS) is 18.3. The van der Waals surface area contributed by atoms with Gasteiger partial charge in [0, 0.05) is 29.5 Å². The quantitative estimate of drug-likeness (QED) is 0.150. The van der Waals surface area contributed by atoms with Crippen LogP contribution < -0.4 is 10.1 Å². The van der Waals surface area contributed by atoms with Gasteiger partial charge in [-0.2, -0.15) is 0 Å². The minimum absolute atomic E-state index is 0.0727. The summed E-state index contributed by atoms with van der Waals surface area (Å²) in [6.07, 6.45) is 0.170. The number of benzene rings is 5. The minimum Gasteiger partial charge on any atom is -0.494 e. The van der Waals surface area contributed by atoms with Gasteiger partial charge in [0.2, 0.25) is 5.90 Å². The molecule has 0 saturated carbocycles. The highest BCUT2D eigenvalue weighted by Gasteiger charge is 2.54. The van der Waals surface area contributed by atoms with Crippen LogP contribution in [0.25, 0.3) is 11.1 Å². The average Bonchev–Trinajstić information content (AvgIpc) is 3.64. The SMILES string of the molecule is O=C(NC1c2ccccc2-c2ccccc21)[C@]1(Cc2ccccc2Br)N=C(c2ccc(OCCCO)cc2)O[C@@H]1c1ccccc1. The van der Waals surface area contributed by atoms with Crippen LogP contribution in [0.4, 0.5) is 0 Å². The van der Waals surface area contributed by atoms with E-state index in [1.54, 1.807) is 0 Å². The number of aliphatic imine (C=N–C) groups is 1. The van der Waals surface area contributed by atoms with Crippen LogP contribution in [-0.2, 0) is 16.0 Å². The van der Waals surface area contributed by atoms with Crippen LogP contribution in [0.15, 0.2) is 137 Å². The molecule has 5 aromatic carbocycles. The summed E-state index contributed by atoms with van der Waals surface area (Å²) < 4.78 is 13.4. The lowest BCUT2D eigenvalue weighted by Gasteiger charge is -2.32. The van der Waals surface area contributed by atoms with Gasteiger partial charge in [-0.3, -0.25) is 4.79 Å². The molecule has 1 amide bonds. The number of carbonyl (C=O) groups excluding carboxylic acids is 1. The van der Waals surface area contributed by atoms with Crippen LogP contribution in [0.3, 0.4) is 0 Å². The van der Waals surface area contributed by atoms with Gasteiger partial charge in [0.05, 0.1) is 12.6 Å². The fourth-order valence-corrected chi connectivity index (χ4v) is 6.83. The molecule has 5 aromatic rings. The maximum atomic E-state index is 15.1. The van der Waals surface area contributed by atoms with Gasteiger partial charge in [-0.15, -0.1) is 0 Å². The Morgan fingerprint density at radius 2 is 1.46 bits per heavy atom. The number of fused-ring (bicyclic) bond motifs is 3. The third-order valence-electron chi connectivity index (χ3n) is 8.66. The molecule has 0 aromatic heterocycles. The molecule has 1 heterocycles. The molecule has 6 nitrogen and oxygen atoms in total. The molecule has 0 fully saturated rings. The van der Waals surface area contributed by atoms with Gasteiger partial charge >= 0.3 is 0 Å². The summed E-state index contributed by atoms with van der Waals surface area (Å²) in [4.78, 5) is 20.3. The van der Waals surface area contributed by atoms with Crippen LogP contribution in [-0.4, -0.2) is 35.7 Å². The molecule has 7 rings (SSSR count). The van der Waals surface area contributed by atoms with E-state index in [4.69, 9.17) is 19.6 Å². The van der Waals surface area contributed by atoms with E-state index >= 15 is 4.79 Å². The van der Waals surface area contributed by atoms with Crippen molar-refractivity contribution in [2.24, 2.45) is 4.99 Å². The second-order valence-electron chi connectivity index (χ2n) is 11.5. The first-order valence-electron chi connectivity index (χ1n) is 15.5. The highest BCUT2D eigenvalue weighted by molar-refractivity contribution is 9.10. The number of carbonyl (C=O) groups is 1. The zero-order valence-corrected chi connectivity index (χ0v) is 26.7. The van der Waals surface area contributed by atoms with E-state index < -0.39 is 11.6 Å². The summed E-state index contributed by atoms with van der Waals surface area (Å²) in [6, 6.07) is 41.4. The molecule has 0 bridgehead atoms. The largest absolute Gasteiger partial charge is 0.494 e. The first-order chi connectivity index (χ1) is 22.6. The molecule has 7 heteroatoms. The summed E-state index contributed by atoms with van der Waals surface area (Å²) in [5.74, 6) is 0.865. The van der Waals surface area contributed by atoms with Crippen molar-refractivity contribution in [2.75, 3.05) is 13.2 Å². The number of halogens is 1. The molecule has 2 aliphatic rings. The average molecular weight is 674 g/mol. The first kappa shape index (κ1) is 30.0. The third-order valence-corrected chi connectivity index (χ3v) is 9.43. The molecular formula is C39H33BrN2O4. The molecule has 2 atom stereocenters. The van der Waals surface area contributed by atoms with Gasteiger partial charge in [-0.1, -0.05) is 113 Å². The molecular weight excluding hydrogens is 640 g/mol. The van der Waals surface area contributed by atoms with Gasteiger partial charge < -0.3 is 19.9 Å². The smallest absolute Gasteiger partial charge is 0.253 e. The summed E-state index contributed by atoms with van der Waals surface area (Å²) in [5, 5.41) is 12.5. The van der Waals surface area contributed by atoms with E-state index in [-0.39, 0.29) is 18.6 Å². The fourth-order valence-electron chi connectivity index (χ4n) is 6.41. The molecule has 0 saturated heterocycles. The van der Waals surface area contributed by atoms with E-state index in [9.17, 15) is 0 Å². The van der Waals surface area contributed by atoms with Crippen molar-refractivity contribution >= 4 is 27.7 Å². The second kappa shape index (κ2) is 12.9. The maximum absolute atomic E-state index is 15.1.